The van der Waals surface area contributed by atoms with Gasteiger partial charge in [-0.2, -0.15) is 11.8 Å². The summed E-state index contributed by atoms with van der Waals surface area (Å²) in [6.07, 6.45) is 2.04. The summed E-state index contributed by atoms with van der Waals surface area (Å²) in [5, 5.41) is 2.96. The number of anilines is 1. The molecule has 0 aliphatic carbocycles. The lowest BCUT2D eigenvalue weighted by Gasteiger charge is -2.10. The first-order valence-electron chi connectivity index (χ1n) is 7.16. The average Bonchev–Trinajstić information content (AvgIpc) is 2.85. The lowest BCUT2D eigenvalue weighted by molar-refractivity contribution is -0.116. The highest BCUT2D eigenvalue weighted by Gasteiger charge is 2.13. The predicted molar refractivity (Wildman–Crippen MR) is 105 cm³/mol. The van der Waals surface area contributed by atoms with Gasteiger partial charge in [0.25, 0.3) is 0 Å². The summed E-state index contributed by atoms with van der Waals surface area (Å²) in [7, 11) is 0. The maximum absolute atomic E-state index is 12.4. The maximum atomic E-state index is 12.4. The van der Waals surface area contributed by atoms with E-state index in [2.05, 4.69) is 32.9 Å². The standard InChI is InChI=1S/C17H16IN3OS/c1-23-11-16-20-14-7-2-3-8-15(14)21(16)10-17(22)19-13-6-4-5-12(18)9-13/h2-9H,10-11H2,1H3,(H,19,22). The summed E-state index contributed by atoms with van der Waals surface area (Å²) in [5.74, 6) is 1.67. The number of hydrogen-bond acceptors (Lipinski definition) is 3. The lowest BCUT2D eigenvalue weighted by atomic mass is 10.3. The van der Waals surface area contributed by atoms with Gasteiger partial charge in [-0.25, -0.2) is 4.98 Å². The lowest BCUT2D eigenvalue weighted by Crippen LogP contribution is -2.20. The van der Waals surface area contributed by atoms with Crippen molar-refractivity contribution in [2.24, 2.45) is 0 Å². The minimum atomic E-state index is -0.0440. The van der Waals surface area contributed by atoms with E-state index in [1.165, 1.54) is 0 Å². The highest BCUT2D eigenvalue weighted by atomic mass is 127. The molecule has 2 aromatic carbocycles. The summed E-state index contributed by atoms with van der Waals surface area (Å²) in [4.78, 5) is 17.1. The zero-order valence-electron chi connectivity index (χ0n) is 12.6. The van der Waals surface area contributed by atoms with E-state index in [-0.39, 0.29) is 12.5 Å². The van der Waals surface area contributed by atoms with Gasteiger partial charge >= 0.3 is 0 Å². The highest BCUT2D eigenvalue weighted by molar-refractivity contribution is 14.1. The summed E-state index contributed by atoms with van der Waals surface area (Å²) in [6.45, 7) is 0.266. The van der Waals surface area contributed by atoms with E-state index < -0.39 is 0 Å². The minimum absolute atomic E-state index is 0.0440. The number of halogens is 1. The molecule has 3 aromatic rings. The summed E-state index contributed by atoms with van der Waals surface area (Å²) in [6, 6.07) is 15.7. The fraction of sp³-hybridized carbons (Fsp3) is 0.176. The molecular formula is C17H16IN3OS. The van der Waals surface area contributed by atoms with Crippen LogP contribution in [0.1, 0.15) is 5.82 Å². The number of amides is 1. The third kappa shape index (κ3) is 3.87. The predicted octanol–water partition coefficient (Wildman–Crippen LogP) is 4.14. The van der Waals surface area contributed by atoms with Crippen LogP contribution < -0.4 is 5.32 Å². The second kappa shape index (κ2) is 7.35. The zero-order valence-corrected chi connectivity index (χ0v) is 15.6. The number of carbonyl (C=O) groups is 1. The zero-order chi connectivity index (χ0) is 16.2. The first-order chi connectivity index (χ1) is 11.2. The second-order valence-corrected chi connectivity index (χ2v) is 7.21. The molecule has 0 saturated carbocycles. The molecule has 118 valence electrons. The molecule has 1 aromatic heterocycles. The van der Waals surface area contributed by atoms with E-state index in [9.17, 15) is 4.79 Å². The molecule has 4 nitrogen and oxygen atoms in total. The van der Waals surface area contributed by atoms with Gasteiger partial charge in [-0.3, -0.25) is 4.79 Å². The van der Waals surface area contributed by atoms with Gasteiger partial charge in [-0.1, -0.05) is 18.2 Å². The molecular weight excluding hydrogens is 421 g/mol. The number of para-hydroxylation sites is 2. The Kier molecular flexibility index (Phi) is 5.22. The molecule has 0 aliphatic rings. The van der Waals surface area contributed by atoms with Crippen molar-refractivity contribution in [3.63, 3.8) is 0 Å². The van der Waals surface area contributed by atoms with Crippen molar-refractivity contribution in [2.45, 2.75) is 12.3 Å². The molecule has 0 unspecified atom stereocenters. The van der Waals surface area contributed by atoms with Crippen molar-refractivity contribution in [3.8, 4) is 0 Å². The van der Waals surface area contributed by atoms with E-state index in [0.717, 1.165) is 31.9 Å². The first-order valence-corrected chi connectivity index (χ1v) is 9.63. The Morgan fingerprint density at radius 1 is 1.26 bits per heavy atom. The third-order valence-corrected chi connectivity index (χ3v) is 4.64. The normalized spacial score (nSPS) is 10.9. The molecule has 1 amide bonds. The van der Waals surface area contributed by atoms with Crippen LogP contribution >= 0.6 is 34.4 Å². The fourth-order valence-corrected chi connectivity index (χ4v) is 3.47. The molecule has 0 saturated heterocycles. The van der Waals surface area contributed by atoms with Crippen LogP contribution in [0.5, 0.6) is 0 Å². The number of nitrogens with zero attached hydrogens (tertiary/aromatic N) is 2. The summed E-state index contributed by atoms with van der Waals surface area (Å²) < 4.78 is 3.09. The molecule has 0 fully saturated rings. The van der Waals surface area contributed by atoms with Crippen LogP contribution in [0, 0.1) is 3.57 Å². The van der Waals surface area contributed by atoms with Gasteiger partial charge in [0.1, 0.15) is 12.4 Å². The highest BCUT2D eigenvalue weighted by Crippen LogP contribution is 2.19. The van der Waals surface area contributed by atoms with E-state index in [4.69, 9.17) is 0 Å². The van der Waals surface area contributed by atoms with Crippen LogP contribution in [0.25, 0.3) is 11.0 Å². The number of imidazole rings is 1. The number of nitrogens with one attached hydrogen (secondary N) is 1. The van der Waals surface area contributed by atoms with Crippen molar-refractivity contribution < 1.29 is 4.79 Å². The van der Waals surface area contributed by atoms with Crippen LogP contribution in [-0.2, 0) is 17.1 Å². The molecule has 0 radical (unpaired) electrons. The topological polar surface area (TPSA) is 46.9 Å². The molecule has 0 atom stereocenters. The van der Waals surface area contributed by atoms with Crippen molar-refractivity contribution >= 4 is 57.0 Å². The monoisotopic (exact) mass is 437 g/mol. The molecule has 6 heteroatoms. The van der Waals surface area contributed by atoms with Crippen molar-refractivity contribution in [3.05, 3.63) is 57.9 Å². The van der Waals surface area contributed by atoms with Gasteiger partial charge in [-0.05, 0) is 59.2 Å². The number of carbonyl (C=O) groups excluding carboxylic acids is 1. The second-order valence-electron chi connectivity index (χ2n) is 5.09. The third-order valence-electron chi connectivity index (χ3n) is 3.42. The minimum Gasteiger partial charge on any atom is -0.325 e. The SMILES string of the molecule is CSCc1nc2ccccc2n1CC(=O)Nc1cccc(I)c1. The Morgan fingerprint density at radius 2 is 2.09 bits per heavy atom. The summed E-state index contributed by atoms with van der Waals surface area (Å²) in [5.41, 5.74) is 2.74. The molecule has 0 aliphatic heterocycles. The number of aromatic nitrogens is 2. The van der Waals surface area contributed by atoms with E-state index in [0.29, 0.717) is 0 Å². The average molecular weight is 437 g/mol. The van der Waals surface area contributed by atoms with Crippen LogP contribution in [0.15, 0.2) is 48.5 Å². The Bertz CT molecular complexity index is 847. The Morgan fingerprint density at radius 3 is 2.87 bits per heavy atom. The number of rotatable bonds is 5. The maximum Gasteiger partial charge on any atom is 0.244 e. The smallest absolute Gasteiger partial charge is 0.244 e. The first kappa shape index (κ1) is 16.3. The van der Waals surface area contributed by atoms with Gasteiger partial charge in [0.15, 0.2) is 0 Å². The number of benzene rings is 2. The number of fused-ring (bicyclic) bond motifs is 1. The molecule has 1 N–H and O–H groups in total. The van der Waals surface area contributed by atoms with Crippen LogP contribution in [0.3, 0.4) is 0 Å². The fourth-order valence-electron chi connectivity index (χ4n) is 2.45. The molecule has 0 spiro atoms. The van der Waals surface area contributed by atoms with Crippen molar-refractivity contribution in [1.29, 1.82) is 0 Å². The Hall–Kier alpha value is -1.54. The van der Waals surface area contributed by atoms with Crippen LogP contribution in [0.4, 0.5) is 5.69 Å². The molecule has 0 bridgehead atoms. The number of thioether (sulfide) groups is 1. The van der Waals surface area contributed by atoms with Crippen LogP contribution in [0.2, 0.25) is 0 Å². The molecule has 1 heterocycles. The van der Waals surface area contributed by atoms with E-state index in [1.807, 2.05) is 59.4 Å². The molecule has 23 heavy (non-hydrogen) atoms. The Balaban J connectivity index is 1.85. The summed E-state index contributed by atoms with van der Waals surface area (Å²) >= 11 is 3.93. The van der Waals surface area contributed by atoms with E-state index >= 15 is 0 Å². The van der Waals surface area contributed by atoms with Crippen molar-refractivity contribution in [2.75, 3.05) is 11.6 Å². The largest absolute Gasteiger partial charge is 0.325 e. The number of hydrogen-bond donors (Lipinski definition) is 1. The quantitative estimate of drug-likeness (QED) is 0.611. The van der Waals surface area contributed by atoms with Gasteiger partial charge in [0.2, 0.25) is 5.91 Å². The van der Waals surface area contributed by atoms with Gasteiger partial charge < -0.3 is 9.88 Å². The van der Waals surface area contributed by atoms with Crippen molar-refractivity contribution in [1.82, 2.24) is 9.55 Å². The Labute approximate surface area is 152 Å². The van der Waals surface area contributed by atoms with Gasteiger partial charge in [-0.15, -0.1) is 0 Å². The molecule has 3 rings (SSSR count). The van der Waals surface area contributed by atoms with Gasteiger partial charge in [0, 0.05) is 9.26 Å². The van der Waals surface area contributed by atoms with E-state index in [1.54, 1.807) is 11.8 Å². The van der Waals surface area contributed by atoms with Crippen LogP contribution in [-0.4, -0.2) is 21.7 Å². The van der Waals surface area contributed by atoms with Gasteiger partial charge in [0.05, 0.1) is 16.8 Å².